The molecule has 0 radical (unpaired) electrons. The van der Waals surface area contributed by atoms with Gasteiger partial charge >= 0.3 is 6.09 Å². The molecule has 0 aliphatic heterocycles. The van der Waals surface area contributed by atoms with E-state index in [1.165, 1.54) is 0 Å². The summed E-state index contributed by atoms with van der Waals surface area (Å²) in [5, 5.41) is 2.82. The Kier molecular flexibility index (Phi) is 5.78. The van der Waals surface area contributed by atoms with Crippen LogP contribution in [0.15, 0.2) is 30.3 Å². The fraction of sp³-hybridized carbons (Fsp3) is 0.529. The Morgan fingerprint density at radius 2 is 1.86 bits per heavy atom. The fourth-order valence-corrected chi connectivity index (χ4v) is 2.77. The first-order valence-electron chi connectivity index (χ1n) is 7.60. The van der Waals surface area contributed by atoms with E-state index in [1.54, 1.807) is 6.92 Å². The van der Waals surface area contributed by atoms with E-state index < -0.39 is 0 Å². The molecule has 1 aromatic rings. The number of ether oxygens (including phenoxy) is 1. The lowest BCUT2D eigenvalue weighted by atomic mass is 9.80. The van der Waals surface area contributed by atoms with Crippen molar-refractivity contribution in [1.29, 1.82) is 0 Å². The monoisotopic (exact) mass is 291 g/mol. The molecule has 1 aliphatic rings. The predicted octanol–water partition coefficient (Wildman–Crippen LogP) is 3.55. The lowest BCUT2D eigenvalue weighted by Gasteiger charge is -2.26. The van der Waals surface area contributed by atoms with Crippen LogP contribution in [0.2, 0.25) is 0 Å². The number of hydrogen-bond acceptors (Lipinski definition) is 3. The second kappa shape index (κ2) is 7.81. The van der Waals surface area contributed by atoms with Crippen LogP contribution in [0, 0.1) is 11.8 Å². The minimum Gasteiger partial charge on any atom is -0.445 e. The molecule has 1 fully saturated rings. The van der Waals surface area contributed by atoms with Crippen molar-refractivity contribution in [3.8, 4) is 0 Å². The number of Topliss-reactive ketones (excluding diaryl/α,β-unsaturated/α-hetero) is 1. The number of amides is 1. The van der Waals surface area contributed by atoms with Crippen molar-refractivity contribution in [2.75, 3.05) is 6.54 Å². The first-order chi connectivity index (χ1) is 10.1. The van der Waals surface area contributed by atoms with E-state index in [2.05, 4.69) is 5.32 Å². The summed E-state index contributed by atoms with van der Waals surface area (Å²) in [6, 6.07) is 9.63. The van der Waals surface area contributed by atoms with Crippen LogP contribution in [0.4, 0.5) is 4.79 Å². The van der Waals surface area contributed by atoms with Crippen LogP contribution in [0.5, 0.6) is 0 Å². The van der Waals surface area contributed by atoms with Gasteiger partial charge in [0, 0.05) is 13.9 Å². The normalized spacial score (nSPS) is 21.6. The van der Waals surface area contributed by atoms with Gasteiger partial charge in [0.2, 0.25) is 0 Å². The van der Waals surface area contributed by atoms with Crippen LogP contribution in [-0.4, -0.2) is 18.4 Å². The van der Waals surface area contributed by atoms with Crippen molar-refractivity contribution in [1.82, 2.24) is 5.32 Å². The van der Waals surface area contributed by atoms with Crippen LogP contribution in [0.1, 0.15) is 39.6 Å². The molecular formula is C17H25NO3. The van der Waals surface area contributed by atoms with Crippen molar-refractivity contribution < 1.29 is 15.8 Å². The van der Waals surface area contributed by atoms with Gasteiger partial charge in [-0.25, -0.2) is 4.79 Å². The molecular weight excluding hydrogens is 266 g/mol. The molecule has 1 amide bonds. The molecule has 0 heterocycles. The summed E-state index contributed by atoms with van der Waals surface area (Å²) >= 11 is 0. The molecule has 0 spiro atoms. The van der Waals surface area contributed by atoms with Crippen molar-refractivity contribution in [2.24, 2.45) is 11.8 Å². The van der Waals surface area contributed by atoms with Crippen molar-refractivity contribution in [2.45, 2.75) is 39.2 Å². The third kappa shape index (κ3) is 5.21. The highest BCUT2D eigenvalue weighted by Gasteiger charge is 2.24. The third-order valence-electron chi connectivity index (χ3n) is 4.17. The van der Waals surface area contributed by atoms with E-state index in [0.717, 1.165) is 31.2 Å². The summed E-state index contributed by atoms with van der Waals surface area (Å²) in [6.45, 7) is 2.60. The number of ketones is 1. The maximum Gasteiger partial charge on any atom is 0.407 e. The molecule has 0 aromatic heterocycles. The summed E-state index contributed by atoms with van der Waals surface area (Å²) in [7, 11) is 0. The van der Waals surface area contributed by atoms with E-state index in [-0.39, 0.29) is 13.4 Å². The van der Waals surface area contributed by atoms with Crippen LogP contribution in [0.25, 0.3) is 0 Å². The van der Waals surface area contributed by atoms with Gasteiger partial charge in [0.1, 0.15) is 12.4 Å². The molecule has 2 rings (SSSR count). The first-order valence-corrected chi connectivity index (χ1v) is 7.60. The summed E-state index contributed by atoms with van der Waals surface area (Å²) in [5.41, 5.74) is 0.981. The van der Waals surface area contributed by atoms with E-state index >= 15 is 0 Å². The minimum atomic E-state index is -0.368. The van der Waals surface area contributed by atoms with Gasteiger partial charge in [-0.1, -0.05) is 30.3 Å². The van der Waals surface area contributed by atoms with Crippen LogP contribution < -0.4 is 5.32 Å². The molecule has 1 saturated carbocycles. The molecule has 0 unspecified atom stereocenters. The highest BCUT2D eigenvalue weighted by Crippen LogP contribution is 2.28. The van der Waals surface area contributed by atoms with Gasteiger partial charge in [-0.15, -0.1) is 0 Å². The van der Waals surface area contributed by atoms with Crippen LogP contribution >= 0.6 is 0 Å². The zero-order valence-corrected chi connectivity index (χ0v) is 12.5. The third-order valence-corrected chi connectivity index (χ3v) is 4.17. The number of carbonyl (C=O) groups excluding carboxylic acids is 2. The molecule has 4 heteroatoms. The van der Waals surface area contributed by atoms with Gasteiger partial charge in [0.25, 0.3) is 0 Å². The second-order valence-corrected chi connectivity index (χ2v) is 5.77. The lowest BCUT2D eigenvalue weighted by molar-refractivity contribution is -0.121. The van der Waals surface area contributed by atoms with Crippen LogP contribution in [0.3, 0.4) is 0 Å². The summed E-state index contributed by atoms with van der Waals surface area (Å²) in [4.78, 5) is 22.9. The Morgan fingerprint density at radius 1 is 1.19 bits per heavy atom. The molecule has 1 N–H and O–H groups in total. The number of nitrogens with one attached hydrogen (secondary N) is 1. The van der Waals surface area contributed by atoms with Gasteiger partial charge in [0.15, 0.2) is 0 Å². The van der Waals surface area contributed by atoms with Crippen LogP contribution in [-0.2, 0) is 16.1 Å². The average Bonchev–Trinajstić information content (AvgIpc) is 2.52. The molecule has 4 nitrogen and oxygen atoms in total. The van der Waals surface area contributed by atoms with Gasteiger partial charge < -0.3 is 10.1 Å². The Hall–Kier alpha value is -1.84. The Bertz CT molecular complexity index is 470. The topological polar surface area (TPSA) is 55.4 Å². The molecule has 116 valence electrons. The fourth-order valence-electron chi connectivity index (χ4n) is 2.77. The Balaban J connectivity index is 0.00000242. The van der Waals surface area contributed by atoms with E-state index in [4.69, 9.17) is 4.74 Å². The molecule has 1 aromatic carbocycles. The van der Waals surface area contributed by atoms with Crippen molar-refractivity contribution in [3.63, 3.8) is 0 Å². The Labute approximate surface area is 127 Å². The molecule has 1 aliphatic carbocycles. The van der Waals surface area contributed by atoms with Gasteiger partial charge in [-0.05, 0) is 44.1 Å². The number of alkyl carbamates (subject to hydrolysis) is 1. The number of benzene rings is 1. The van der Waals surface area contributed by atoms with E-state index in [0.29, 0.717) is 24.9 Å². The van der Waals surface area contributed by atoms with E-state index in [9.17, 15) is 9.59 Å². The zero-order valence-electron chi connectivity index (χ0n) is 12.5. The average molecular weight is 291 g/mol. The summed E-state index contributed by atoms with van der Waals surface area (Å²) < 4.78 is 5.17. The molecule has 21 heavy (non-hydrogen) atoms. The zero-order chi connectivity index (χ0) is 15.1. The predicted molar refractivity (Wildman–Crippen MR) is 82.9 cm³/mol. The first kappa shape index (κ1) is 15.5. The standard InChI is InChI=1S/C17H23NO3.H2/c1-13(19)16-9-7-14(8-10-16)11-18-17(20)21-12-15-5-3-2-4-6-15;/h2-6,14,16H,7-12H2,1H3,(H,18,20);1H. The lowest BCUT2D eigenvalue weighted by Crippen LogP contribution is -2.32. The van der Waals surface area contributed by atoms with Gasteiger partial charge in [-0.2, -0.15) is 0 Å². The largest absolute Gasteiger partial charge is 0.445 e. The number of rotatable bonds is 5. The summed E-state index contributed by atoms with van der Waals surface area (Å²) in [5.74, 6) is 0.986. The highest BCUT2D eigenvalue weighted by molar-refractivity contribution is 5.78. The Morgan fingerprint density at radius 3 is 2.48 bits per heavy atom. The van der Waals surface area contributed by atoms with Gasteiger partial charge in [-0.3, -0.25) is 4.79 Å². The van der Waals surface area contributed by atoms with Gasteiger partial charge in [0.05, 0.1) is 0 Å². The minimum absolute atomic E-state index is 0. The maximum absolute atomic E-state index is 11.6. The summed E-state index contributed by atoms with van der Waals surface area (Å²) in [6.07, 6.45) is 3.53. The quantitative estimate of drug-likeness (QED) is 0.902. The maximum atomic E-state index is 11.6. The molecule has 0 atom stereocenters. The highest BCUT2D eigenvalue weighted by atomic mass is 16.5. The number of carbonyl (C=O) groups is 2. The van der Waals surface area contributed by atoms with Crippen molar-refractivity contribution >= 4 is 11.9 Å². The number of hydrogen-bond donors (Lipinski definition) is 1. The SMILES string of the molecule is CC(=O)C1CCC(CNC(=O)OCc2ccccc2)CC1.[HH]. The smallest absolute Gasteiger partial charge is 0.407 e. The second-order valence-electron chi connectivity index (χ2n) is 5.77. The molecule has 0 bridgehead atoms. The van der Waals surface area contributed by atoms with Crippen molar-refractivity contribution in [3.05, 3.63) is 35.9 Å². The van der Waals surface area contributed by atoms with E-state index in [1.807, 2.05) is 30.3 Å². The molecule has 0 saturated heterocycles.